The minimum absolute atomic E-state index is 0.00138. The lowest BCUT2D eigenvalue weighted by molar-refractivity contribution is -0.137. The highest BCUT2D eigenvalue weighted by molar-refractivity contribution is 7.11. The van der Waals surface area contributed by atoms with E-state index in [-0.39, 0.29) is 5.01 Å². The predicted octanol–water partition coefficient (Wildman–Crippen LogP) is 1.42. The Balaban J connectivity index is 2.64. The molecule has 0 saturated heterocycles. The van der Waals surface area contributed by atoms with Crippen molar-refractivity contribution in [1.29, 1.82) is 0 Å². The molecule has 1 rings (SSSR count). The number of hydrogen-bond acceptors (Lipinski definition) is 5. The third-order valence-electron chi connectivity index (χ3n) is 1.38. The van der Waals surface area contributed by atoms with E-state index in [1.165, 1.54) is 12.2 Å². The van der Waals surface area contributed by atoms with E-state index in [1.807, 2.05) is 0 Å². The summed E-state index contributed by atoms with van der Waals surface area (Å²) in [6, 6.07) is 0. The van der Waals surface area contributed by atoms with Crippen molar-refractivity contribution in [3.05, 3.63) is 22.2 Å². The van der Waals surface area contributed by atoms with Gasteiger partial charge in [0.2, 0.25) is 5.01 Å². The van der Waals surface area contributed by atoms with Gasteiger partial charge in [0.25, 0.3) is 0 Å². The molecule has 0 amide bonds. The van der Waals surface area contributed by atoms with E-state index < -0.39 is 11.9 Å². The van der Waals surface area contributed by atoms with Gasteiger partial charge in [0, 0.05) is 11.5 Å². The van der Waals surface area contributed by atoms with Crippen LogP contribution in [0.15, 0.2) is 11.5 Å². The standard InChI is InChI=1S/C9H9NO4S/c1-2-14-7(11)4-3-6-5-15-8(10-6)9(12)13/h3-5H,2H2,1H3,(H,12,13). The first-order valence-electron chi connectivity index (χ1n) is 4.17. The number of hydrogen-bond donors (Lipinski definition) is 1. The molecule has 1 N–H and O–H groups in total. The van der Waals surface area contributed by atoms with Crippen molar-refractivity contribution in [3.63, 3.8) is 0 Å². The monoisotopic (exact) mass is 227 g/mol. The summed E-state index contributed by atoms with van der Waals surface area (Å²) in [5, 5.41) is 10.1. The summed E-state index contributed by atoms with van der Waals surface area (Å²) >= 11 is 1.01. The van der Waals surface area contributed by atoms with Gasteiger partial charge in [0.1, 0.15) is 0 Å². The number of rotatable bonds is 4. The summed E-state index contributed by atoms with van der Waals surface area (Å²) in [7, 11) is 0. The lowest BCUT2D eigenvalue weighted by Crippen LogP contribution is -1.98. The maximum Gasteiger partial charge on any atom is 0.365 e. The Morgan fingerprint density at radius 2 is 2.40 bits per heavy atom. The second kappa shape index (κ2) is 5.26. The maximum atomic E-state index is 10.9. The average Bonchev–Trinajstić information content (AvgIpc) is 2.63. The fourth-order valence-corrected chi connectivity index (χ4v) is 1.43. The van der Waals surface area contributed by atoms with Crippen molar-refractivity contribution in [2.75, 3.05) is 6.61 Å². The molecule has 0 unspecified atom stereocenters. The second-order valence-corrected chi connectivity index (χ2v) is 3.33. The Morgan fingerprint density at radius 3 is 2.93 bits per heavy atom. The molecule has 6 heteroatoms. The second-order valence-electron chi connectivity index (χ2n) is 2.47. The van der Waals surface area contributed by atoms with Crippen LogP contribution in [0.2, 0.25) is 0 Å². The molecule has 1 aromatic heterocycles. The summed E-state index contributed by atoms with van der Waals surface area (Å²) < 4.78 is 4.65. The Morgan fingerprint density at radius 1 is 1.67 bits per heavy atom. The van der Waals surface area contributed by atoms with Gasteiger partial charge in [-0.2, -0.15) is 0 Å². The molecule has 0 fully saturated rings. The Kier molecular flexibility index (Phi) is 3.99. The molecule has 1 heterocycles. The van der Waals surface area contributed by atoms with E-state index in [1.54, 1.807) is 12.3 Å². The third kappa shape index (κ3) is 3.51. The van der Waals surface area contributed by atoms with Crippen LogP contribution in [0.1, 0.15) is 22.4 Å². The highest BCUT2D eigenvalue weighted by Gasteiger charge is 2.07. The van der Waals surface area contributed by atoms with Crippen LogP contribution >= 0.6 is 11.3 Å². The first-order chi connectivity index (χ1) is 7.13. The van der Waals surface area contributed by atoms with E-state index >= 15 is 0 Å². The van der Waals surface area contributed by atoms with Crippen molar-refractivity contribution >= 4 is 29.4 Å². The molecular formula is C9H9NO4S. The maximum absolute atomic E-state index is 10.9. The van der Waals surface area contributed by atoms with E-state index in [2.05, 4.69) is 9.72 Å². The number of carbonyl (C=O) groups is 2. The lowest BCUT2D eigenvalue weighted by Gasteiger charge is -1.92. The number of nitrogens with zero attached hydrogens (tertiary/aromatic N) is 1. The van der Waals surface area contributed by atoms with Crippen molar-refractivity contribution < 1.29 is 19.4 Å². The molecule has 0 aromatic carbocycles. The minimum atomic E-state index is -1.07. The van der Waals surface area contributed by atoms with E-state index in [9.17, 15) is 9.59 Å². The van der Waals surface area contributed by atoms with Crippen LogP contribution in [0.3, 0.4) is 0 Å². The van der Waals surface area contributed by atoms with Gasteiger partial charge in [-0.15, -0.1) is 11.3 Å². The number of carboxylic acid groups (broad SMARTS) is 1. The highest BCUT2D eigenvalue weighted by atomic mass is 32.1. The van der Waals surface area contributed by atoms with Crippen LogP contribution in [0, 0.1) is 0 Å². The Hall–Kier alpha value is -1.69. The van der Waals surface area contributed by atoms with Crippen LogP contribution in [-0.2, 0) is 9.53 Å². The van der Waals surface area contributed by atoms with Crippen molar-refractivity contribution in [2.24, 2.45) is 0 Å². The molecule has 0 aliphatic carbocycles. The quantitative estimate of drug-likeness (QED) is 0.621. The topological polar surface area (TPSA) is 76.5 Å². The Bertz CT molecular complexity index is 397. The van der Waals surface area contributed by atoms with Gasteiger partial charge in [0.05, 0.1) is 12.3 Å². The van der Waals surface area contributed by atoms with Gasteiger partial charge in [-0.05, 0) is 13.0 Å². The fourth-order valence-electron chi connectivity index (χ4n) is 0.805. The van der Waals surface area contributed by atoms with E-state index in [0.717, 1.165) is 11.3 Å². The molecule has 0 saturated carbocycles. The van der Waals surface area contributed by atoms with Gasteiger partial charge >= 0.3 is 11.9 Å². The van der Waals surface area contributed by atoms with Crippen LogP contribution in [0.5, 0.6) is 0 Å². The van der Waals surface area contributed by atoms with E-state index in [4.69, 9.17) is 5.11 Å². The van der Waals surface area contributed by atoms with Gasteiger partial charge in [0.15, 0.2) is 0 Å². The number of carbonyl (C=O) groups excluding carboxylic acids is 1. The largest absolute Gasteiger partial charge is 0.476 e. The molecule has 0 radical (unpaired) electrons. The number of aromatic carboxylic acids is 1. The summed E-state index contributed by atoms with van der Waals surface area (Å²) in [5.41, 5.74) is 0.436. The highest BCUT2D eigenvalue weighted by Crippen LogP contribution is 2.10. The Labute approximate surface area is 90.0 Å². The van der Waals surface area contributed by atoms with Crippen LogP contribution in [0.25, 0.3) is 6.08 Å². The summed E-state index contributed by atoms with van der Waals surface area (Å²) in [6.07, 6.45) is 2.63. The predicted molar refractivity (Wildman–Crippen MR) is 54.7 cm³/mol. The molecule has 0 spiro atoms. The van der Waals surface area contributed by atoms with Crippen LogP contribution < -0.4 is 0 Å². The van der Waals surface area contributed by atoms with Gasteiger partial charge in [-0.1, -0.05) is 0 Å². The zero-order chi connectivity index (χ0) is 11.3. The number of aromatic nitrogens is 1. The molecule has 0 aliphatic rings. The van der Waals surface area contributed by atoms with Crippen molar-refractivity contribution in [2.45, 2.75) is 6.92 Å². The minimum Gasteiger partial charge on any atom is -0.476 e. The van der Waals surface area contributed by atoms with Crippen molar-refractivity contribution in [1.82, 2.24) is 4.98 Å². The molecular weight excluding hydrogens is 218 g/mol. The van der Waals surface area contributed by atoms with Crippen molar-refractivity contribution in [3.8, 4) is 0 Å². The molecule has 1 aromatic rings. The third-order valence-corrected chi connectivity index (χ3v) is 2.23. The zero-order valence-electron chi connectivity index (χ0n) is 7.97. The molecule has 5 nitrogen and oxygen atoms in total. The van der Waals surface area contributed by atoms with Crippen LogP contribution in [-0.4, -0.2) is 28.6 Å². The lowest BCUT2D eigenvalue weighted by atomic mass is 10.4. The smallest absolute Gasteiger partial charge is 0.365 e. The zero-order valence-corrected chi connectivity index (χ0v) is 8.78. The number of thiazole rings is 1. The van der Waals surface area contributed by atoms with Gasteiger partial charge < -0.3 is 9.84 Å². The molecule has 15 heavy (non-hydrogen) atoms. The average molecular weight is 227 g/mol. The molecule has 0 bridgehead atoms. The number of ether oxygens (including phenoxy) is 1. The molecule has 0 atom stereocenters. The summed E-state index contributed by atoms with van der Waals surface area (Å²) in [6.45, 7) is 2.01. The first-order valence-corrected chi connectivity index (χ1v) is 5.05. The normalized spacial score (nSPS) is 10.5. The summed E-state index contributed by atoms with van der Waals surface area (Å²) in [5.74, 6) is -1.54. The SMILES string of the molecule is CCOC(=O)C=Cc1csc(C(=O)O)n1. The van der Waals surface area contributed by atoms with Crippen LogP contribution in [0.4, 0.5) is 0 Å². The van der Waals surface area contributed by atoms with Gasteiger partial charge in [-0.25, -0.2) is 14.6 Å². The molecule has 0 aliphatic heterocycles. The first kappa shape index (κ1) is 11.4. The van der Waals surface area contributed by atoms with Gasteiger partial charge in [-0.3, -0.25) is 0 Å². The molecule has 80 valence electrons. The fraction of sp³-hybridized carbons (Fsp3) is 0.222. The van der Waals surface area contributed by atoms with E-state index in [0.29, 0.717) is 12.3 Å². The number of carboxylic acids is 1. The summed E-state index contributed by atoms with van der Waals surface area (Å²) in [4.78, 5) is 25.2. The number of esters is 1.